The second-order valence-electron chi connectivity index (χ2n) is 4.81. The molecular formula is C14H20N2O2. The lowest BCUT2D eigenvalue weighted by Gasteiger charge is -2.12. The number of amides is 2. The van der Waals surface area contributed by atoms with Crippen LogP contribution in [0, 0.1) is 12.8 Å². The van der Waals surface area contributed by atoms with Crippen LogP contribution in [0.1, 0.15) is 36.7 Å². The molecule has 0 fully saturated rings. The van der Waals surface area contributed by atoms with E-state index in [2.05, 4.69) is 10.6 Å². The van der Waals surface area contributed by atoms with Crippen molar-refractivity contribution in [2.75, 3.05) is 11.9 Å². The van der Waals surface area contributed by atoms with Crippen molar-refractivity contribution in [1.29, 1.82) is 0 Å². The predicted molar refractivity (Wildman–Crippen MR) is 73.0 cm³/mol. The highest BCUT2D eigenvalue weighted by Crippen LogP contribution is 2.17. The predicted octanol–water partition coefficient (Wildman–Crippen LogP) is 2.98. The summed E-state index contributed by atoms with van der Waals surface area (Å²) in [6.45, 7) is 8.08. The second-order valence-corrected chi connectivity index (χ2v) is 4.81. The van der Waals surface area contributed by atoms with Gasteiger partial charge in [0.15, 0.2) is 5.78 Å². The van der Waals surface area contributed by atoms with E-state index in [4.69, 9.17) is 0 Å². The third-order valence-electron chi connectivity index (χ3n) is 2.56. The van der Waals surface area contributed by atoms with Crippen LogP contribution in [0.4, 0.5) is 10.5 Å². The molecular weight excluding hydrogens is 228 g/mol. The maximum absolute atomic E-state index is 11.6. The number of carbonyl (C=O) groups excluding carboxylic acids is 2. The van der Waals surface area contributed by atoms with E-state index in [0.29, 0.717) is 23.7 Å². The van der Waals surface area contributed by atoms with Gasteiger partial charge in [-0.3, -0.25) is 4.79 Å². The van der Waals surface area contributed by atoms with Crippen molar-refractivity contribution in [3.63, 3.8) is 0 Å². The number of benzene rings is 1. The fourth-order valence-electron chi connectivity index (χ4n) is 1.44. The SMILES string of the molecule is CC(=O)c1ccc(C)c(NC(=O)NCC(C)C)c1. The standard InChI is InChI=1S/C14H20N2O2/c1-9(2)8-15-14(18)16-13-7-12(11(4)17)6-5-10(13)3/h5-7,9H,8H2,1-4H3,(H2,15,16,18). The summed E-state index contributed by atoms with van der Waals surface area (Å²) in [6, 6.07) is 5.04. The Morgan fingerprint density at radius 1 is 1.28 bits per heavy atom. The van der Waals surface area contributed by atoms with Crippen LogP contribution in [-0.2, 0) is 0 Å². The molecule has 0 bridgehead atoms. The fourth-order valence-corrected chi connectivity index (χ4v) is 1.44. The minimum Gasteiger partial charge on any atom is -0.338 e. The maximum atomic E-state index is 11.6. The van der Waals surface area contributed by atoms with E-state index >= 15 is 0 Å². The number of hydrogen-bond acceptors (Lipinski definition) is 2. The number of aryl methyl sites for hydroxylation is 1. The molecule has 4 nitrogen and oxygen atoms in total. The molecule has 18 heavy (non-hydrogen) atoms. The largest absolute Gasteiger partial charge is 0.338 e. The molecule has 0 aliphatic carbocycles. The van der Waals surface area contributed by atoms with Crippen molar-refractivity contribution < 1.29 is 9.59 Å². The molecule has 1 aromatic rings. The molecule has 0 saturated carbocycles. The van der Waals surface area contributed by atoms with Gasteiger partial charge in [-0.1, -0.05) is 26.0 Å². The van der Waals surface area contributed by atoms with Gasteiger partial charge < -0.3 is 10.6 Å². The summed E-state index contributed by atoms with van der Waals surface area (Å²) < 4.78 is 0. The maximum Gasteiger partial charge on any atom is 0.319 e. The zero-order chi connectivity index (χ0) is 13.7. The van der Waals surface area contributed by atoms with Crippen LogP contribution in [0.2, 0.25) is 0 Å². The Bertz CT molecular complexity index is 453. The lowest BCUT2D eigenvalue weighted by Crippen LogP contribution is -2.31. The first kappa shape index (κ1) is 14.2. The van der Waals surface area contributed by atoms with Crippen LogP contribution in [0.3, 0.4) is 0 Å². The van der Waals surface area contributed by atoms with Gasteiger partial charge in [0, 0.05) is 17.8 Å². The van der Waals surface area contributed by atoms with Gasteiger partial charge in [0.2, 0.25) is 0 Å². The highest BCUT2D eigenvalue weighted by atomic mass is 16.2. The Hall–Kier alpha value is -1.84. The van der Waals surface area contributed by atoms with E-state index in [9.17, 15) is 9.59 Å². The zero-order valence-electron chi connectivity index (χ0n) is 11.3. The Balaban J connectivity index is 2.74. The Labute approximate surface area is 108 Å². The molecule has 4 heteroatoms. The van der Waals surface area contributed by atoms with Gasteiger partial charge in [-0.2, -0.15) is 0 Å². The third kappa shape index (κ3) is 4.20. The summed E-state index contributed by atoms with van der Waals surface area (Å²) in [5.41, 5.74) is 2.20. The number of hydrogen-bond donors (Lipinski definition) is 2. The molecule has 1 aromatic carbocycles. The van der Waals surface area contributed by atoms with Crippen molar-refractivity contribution in [1.82, 2.24) is 5.32 Å². The lowest BCUT2D eigenvalue weighted by molar-refractivity contribution is 0.101. The number of urea groups is 1. The topological polar surface area (TPSA) is 58.2 Å². The number of anilines is 1. The number of nitrogens with one attached hydrogen (secondary N) is 2. The van der Waals surface area contributed by atoms with Crippen LogP contribution < -0.4 is 10.6 Å². The summed E-state index contributed by atoms with van der Waals surface area (Å²) in [5, 5.41) is 5.53. The molecule has 0 aliphatic rings. The smallest absolute Gasteiger partial charge is 0.319 e. The summed E-state index contributed by atoms with van der Waals surface area (Å²) in [6.07, 6.45) is 0. The molecule has 1 rings (SSSR count). The van der Waals surface area contributed by atoms with Gasteiger partial charge in [0.25, 0.3) is 0 Å². The molecule has 0 aromatic heterocycles. The lowest BCUT2D eigenvalue weighted by atomic mass is 10.1. The second kappa shape index (κ2) is 6.19. The highest BCUT2D eigenvalue weighted by molar-refractivity contribution is 5.97. The third-order valence-corrected chi connectivity index (χ3v) is 2.56. The summed E-state index contributed by atoms with van der Waals surface area (Å²) in [7, 11) is 0. The average Bonchev–Trinajstić information content (AvgIpc) is 2.29. The molecule has 0 aliphatic heterocycles. The van der Waals surface area contributed by atoms with Crippen LogP contribution in [0.25, 0.3) is 0 Å². The first-order valence-corrected chi connectivity index (χ1v) is 6.06. The monoisotopic (exact) mass is 248 g/mol. The quantitative estimate of drug-likeness (QED) is 0.805. The molecule has 0 radical (unpaired) electrons. The molecule has 2 N–H and O–H groups in total. The van der Waals surface area contributed by atoms with Gasteiger partial charge in [0.1, 0.15) is 0 Å². The minimum absolute atomic E-state index is 0.0133. The number of Topliss-reactive ketones (excluding diaryl/α,β-unsaturated/α-hetero) is 1. The summed E-state index contributed by atoms with van der Waals surface area (Å²) in [5.74, 6) is 0.390. The van der Waals surface area contributed by atoms with E-state index in [0.717, 1.165) is 5.56 Å². The van der Waals surface area contributed by atoms with Crippen LogP contribution >= 0.6 is 0 Å². The Morgan fingerprint density at radius 2 is 1.94 bits per heavy atom. The summed E-state index contributed by atoms with van der Waals surface area (Å²) in [4.78, 5) is 22.9. The average molecular weight is 248 g/mol. The van der Waals surface area contributed by atoms with Crippen LogP contribution in [0.15, 0.2) is 18.2 Å². The van der Waals surface area contributed by atoms with E-state index in [1.54, 1.807) is 12.1 Å². The molecule has 0 heterocycles. The minimum atomic E-state index is -0.243. The molecule has 2 amide bonds. The van der Waals surface area contributed by atoms with E-state index < -0.39 is 0 Å². The normalized spacial score (nSPS) is 10.3. The van der Waals surface area contributed by atoms with Gasteiger partial charge in [-0.15, -0.1) is 0 Å². The first-order chi connectivity index (χ1) is 8.40. The van der Waals surface area contributed by atoms with Gasteiger partial charge in [-0.05, 0) is 31.4 Å². The Kier molecular flexibility index (Phi) is 4.89. The van der Waals surface area contributed by atoms with Crippen molar-refractivity contribution in [2.45, 2.75) is 27.7 Å². The summed E-state index contributed by atoms with van der Waals surface area (Å²) >= 11 is 0. The van der Waals surface area contributed by atoms with E-state index in [1.165, 1.54) is 6.92 Å². The van der Waals surface area contributed by atoms with Crippen LogP contribution in [0.5, 0.6) is 0 Å². The molecule has 98 valence electrons. The van der Waals surface area contributed by atoms with E-state index in [-0.39, 0.29) is 11.8 Å². The van der Waals surface area contributed by atoms with Gasteiger partial charge in [-0.25, -0.2) is 4.79 Å². The molecule has 0 saturated heterocycles. The first-order valence-electron chi connectivity index (χ1n) is 6.06. The molecule has 0 atom stereocenters. The number of rotatable bonds is 4. The van der Waals surface area contributed by atoms with E-state index in [1.807, 2.05) is 26.8 Å². The number of ketones is 1. The molecule has 0 unspecified atom stereocenters. The van der Waals surface area contributed by atoms with Gasteiger partial charge in [0.05, 0.1) is 0 Å². The zero-order valence-corrected chi connectivity index (χ0v) is 11.3. The van der Waals surface area contributed by atoms with Crippen molar-refractivity contribution in [3.05, 3.63) is 29.3 Å². The van der Waals surface area contributed by atoms with Crippen molar-refractivity contribution in [2.24, 2.45) is 5.92 Å². The van der Waals surface area contributed by atoms with Gasteiger partial charge >= 0.3 is 6.03 Å². The number of carbonyl (C=O) groups is 2. The Morgan fingerprint density at radius 3 is 2.50 bits per heavy atom. The van der Waals surface area contributed by atoms with Crippen LogP contribution in [-0.4, -0.2) is 18.4 Å². The molecule has 0 spiro atoms. The van der Waals surface area contributed by atoms with Crippen molar-refractivity contribution in [3.8, 4) is 0 Å². The fraction of sp³-hybridized carbons (Fsp3) is 0.429. The highest BCUT2D eigenvalue weighted by Gasteiger charge is 2.07. The van der Waals surface area contributed by atoms with Crippen molar-refractivity contribution >= 4 is 17.5 Å².